The Morgan fingerprint density at radius 2 is 2.27 bits per heavy atom. The Balaban J connectivity index is 2.03. The number of hydrogen-bond acceptors (Lipinski definition) is 3. The van der Waals surface area contributed by atoms with E-state index in [2.05, 4.69) is 4.99 Å². The second kappa shape index (κ2) is 6.63. The first-order valence-corrected chi connectivity index (χ1v) is 5.47. The number of guanidine groups is 1. The number of ether oxygens (including phenoxy) is 1. The fraction of sp³-hybridized carbons (Fsp3) is 0.900. The molecular weight excluding hydrogens is 194 g/mol. The highest BCUT2D eigenvalue weighted by atomic mass is 16.5. The van der Waals surface area contributed by atoms with Gasteiger partial charge in [0.15, 0.2) is 5.96 Å². The van der Waals surface area contributed by atoms with E-state index < -0.39 is 0 Å². The number of aliphatic hydroxyl groups excluding tert-OH is 1. The van der Waals surface area contributed by atoms with Crippen molar-refractivity contribution in [1.82, 2.24) is 4.90 Å². The van der Waals surface area contributed by atoms with Gasteiger partial charge < -0.3 is 20.5 Å². The predicted molar refractivity (Wildman–Crippen MR) is 59.8 cm³/mol. The lowest BCUT2D eigenvalue weighted by atomic mass is 10.4. The van der Waals surface area contributed by atoms with E-state index in [1.807, 2.05) is 11.9 Å². The number of hydrogen-bond donors (Lipinski definition) is 2. The Morgan fingerprint density at radius 1 is 1.53 bits per heavy atom. The third-order valence-corrected chi connectivity index (χ3v) is 2.41. The summed E-state index contributed by atoms with van der Waals surface area (Å²) in [5, 5.41) is 8.47. The standard InChI is InChI=1S/C10H21N3O2/c1-13(9-3-4-9)10(11)12-5-2-7-15-8-6-14/h9,14H,2-8H2,1H3,(H2,11,12). The van der Waals surface area contributed by atoms with Gasteiger partial charge in [-0.05, 0) is 19.3 Å². The zero-order valence-electron chi connectivity index (χ0n) is 9.35. The van der Waals surface area contributed by atoms with Crippen molar-refractivity contribution in [3.05, 3.63) is 0 Å². The Hall–Kier alpha value is -0.810. The van der Waals surface area contributed by atoms with Crippen LogP contribution in [0.2, 0.25) is 0 Å². The highest BCUT2D eigenvalue weighted by molar-refractivity contribution is 5.78. The van der Waals surface area contributed by atoms with Crippen molar-refractivity contribution >= 4 is 5.96 Å². The summed E-state index contributed by atoms with van der Waals surface area (Å²) in [5.74, 6) is 0.625. The fourth-order valence-corrected chi connectivity index (χ4v) is 1.29. The van der Waals surface area contributed by atoms with Crippen LogP contribution in [0, 0.1) is 0 Å². The molecule has 0 atom stereocenters. The minimum Gasteiger partial charge on any atom is -0.394 e. The van der Waals surface area contributed by atoms with Gasteiger partial charge in [0.25, 0.3) is 0 Å². The average molecular weight is 215 g/mol. The average Bonchev–Trinajstić information content (AvgIpc) is 3.05. The smallest absolute Gasteiger partial charge is 0.191 e. The summed E-state index contributed by atoms with van der Waals surface area (Å²) in [6.45, 7) is 1.80. The van der Waals surface area contributed by atoms with E-state index in [1.54, 1.807) is 0 Å². The third kappa shape index (κ3) is 4.99. The molecule has 0 saturated heterocycles. The van der Waals surface area contributed by atoms with E-state index in [4.69, 9.17) is 15.6 Å². The molecule has 0 spiro atoms. The van der Waals surface area contributed by atoms with Crippen LogP contribution in [0.4, 0.5) is 0 Å². The van der Waals surface area contributed by atoms with Crippen LogP contribution in [0.25, 0.3) is 0 Å². The summed E-state index contributed by atoms with van der Waals surface area (Å²) in [6.07, 6.45) is 3.30. The number of aliphatic hydroxyl groups is 1. The van der Waals surface area contributed by atoms with Crippen LogP contribution in [-0.2, 0) is 4.74 Å². The van der Waals surface area contributed by atoms with E-state index in [0.29, 0.717) is 31.8 Å². The molecule has 3 N–H and O–H groups in total. The largest absolute Gasteiger partial charge is 0.394 e. The molecule has 15 heavy (non-hydrogen) atoms. The lowest BCUT2D eigenvalue weighted by Gasteiger charge is -2.16. The van der Waals surface area contributed by atoms with Crippen molar-refractivity contribution in [3.63, 3.8) is 0 Å². The van der Waals surface area contributed by atoms with E-state index in [9.17, 15) is 0 Å². The van der Waals surface area contributed by atoms with E-state index >= 15 is 0 Å². The van der Waals surface area contributed by atoms with Crippen LogP contribution < -0.4 is 5.73 Å². The minimum atomic E-state index is 0.0792. The summed E-state index contributed by atoms with van der Waals surface area (Å²) in [6, 6.07) is 0.611. The van der Waals surface area contributed by atoms with E-state index in [-0.39, 0.29) is 6.61 Å². The van der Waals surface area contributed by atoms with Gasteiger partial charge in [-0.3, -0.25) is 4.99 Å². The van der Waals surface area contributed by atoms with Gasteiger partial charge in [0.05, 0.1) is 13.2 Å². The second-order valence-electron chi connectivity index (χ2n) is 3.77. The van der Waals surface area contributed by atoms with Crippen molar-refractivity contribution in [3.8, 4) is 0 Å². The number of rotatable bonds is 7. The molecule has 1 fully saturated rings. The lowest BCUT2D eigenvalue weighted by Crippen LogP contribution is -2.35. The highest BCUT2D eigenvalue weighted by Crippen LogP contribution is 2.24. The first-order valence-electron chi connectivity index (χ1n) is 5.47. The monoisotopic (exact) mass is 215 g/mol. The second-order valence-corrected chi connectivity index (χ2v) is 3.77. The van der Waals surface area contributed by atoms with Gasteiger partial charge in [-0.15, -0.1) is 0 Å². The molecule has 5 nitrogen and oxygen atoms in total. The molecule has 1 aliphatic rings. The summed E-state index contributed by atoms with van der Waals surface area (Å²) in [4.78, 5) is 6.30. The van der Waals surface area contributed by atoms with Gasteiger partial charge in [-0.25, -0.2) is 0 Å². The van der Waals surface area contributed by atoms with Crippen LogP contribution in [-0.4, -0.2) is 55.4 Å². The Morgan fingerprint density at radius 3 is 2.87 bits per heavy atom. The first kappa shape index (κ1) is 12.3. The molecule has 0 amide bonds. The van der Waals surface area contributed by atoms with Crippen LogP contribution >= 0.6 is 0 Å². The summed E-state index contributed by atoms with van der Waals surface area (Å²) >= 11 is 0. The summed E-state index contributed by atoms with van der Waals surface area (Å²) in [7, 11) is 1.98. The molecule has 1 rings (SSSR count). The zero-order chi connectivity index (χ0) is 11.1. The summed E-state index contributed by atoms with van der Waals surface area (Å²) in [5.41, 5.74) is 5.79. The quantitative estimate of drug-likeness (QED) is 0.350. The maximum Gasteiger partial charge on any atom is 0.191 e. The Bertz CT molecular complexity index is 205. The van der Waals surface area contributed by atoms with Gasteiger partial charge in [0.1, 0.15) is 0 Å². The molecule has 0 aromatic carbocycles. The zero-order valence-corrected chi connectivity index (χ0v) is 9.35. The molecule has 0 radical (unpaired) electrons. The van der Waals surface area contributed by atoms with Crippen LogP contribution in [0.1, 0.15) is 19.3 Å². The fourth-order valence-electron chi connectivity index (χ4n) is 1.29. The third-order valence-electron chi connectivity index (χ3n) is 2.41. The molecular formula is C10H21N3O2. The topological polar surface area (TPSA) is 71.1 Å². The molecule has 0 aromatic heterocycles. The molecule has 1 saturated carbocycles. The SMILES string of the molecule is CN(C(N)=NCCCOCCO)C1CC1. The van der Waals surface area contributed by atoms with Crippen molar-refractivity contribution in [2.24, 2.45) is 10.7 Å². The molecule has 0 heterocycles. The van der Waals surface area contributed by atoms with Gasteiger partial charge in [0.2, 0.25) is 0 Å². The molecule has 1 aliphatic carbocycles. The first-order chi connectivity index (χ1) is 7.25. The molecule has 5 heteroatoms. The van der Waals surface area contributed by atoms with Crippen LogP contribution in [0.3, 0.4) is 0 Å². The van der Waals surface area contributed by atoms with Crippen LogP contribution in [0.15, 0.2) is 4.99 Å². The molecule has 0 bridgehead atoms. The normalized spacial score (nSPS) is 16.8. The maximum atomic E-state index is 8.47. The van der Waals surface area contributed by atoms with E-state index in [0.717, 1.165) is 6.42 Å². The van der Waals surface area contributed by atoms with Gasteiger partial charge in [0, 0.05) is 26.2 Å². The van der Waals surface area contributed by atoms with E-state index in [1.165, 1.54) is 12.8 Å². The molecule has 88 valence electrons. The lowest BCUT2D eigenvalue weighted by molar-refractivity contribution is 0.0918. The summed E-state index contributed by atoms with van der Waals surface area (Å²) < 4.78 is 5.11. The van der Waals surface area contributed by atoms with Crippen molar-refractivity contribution in [2.45, 2.75) is 25.3 Å². The molecule has 0 aliphatic heterocycles. The van der Waals surface area contributed by atoms with Gasteiger partial charge in [-0.2, -0.15) is 0 Å². The molecule has 0 aromatic rings. The minimum absolute atomic E-state index is 0.0792. The van der Waals surface area contributed by atoms with Crippen molar-refractivity contribution < 1.29 is 9.84 Å². The highest BCUT2D eigenvalue weighted by Gasteiger charge is 2.27. The van der Waals surface area contributed by atoms with Gasteiger partial charge in [-0.1, -0.05) is 0 Å². The number of nitrogens with zero attached hydrogens (tertiary/aromatic N) is 2. The number of aliphatic imine (C=N–C) groups is 1. The maximum absolute atomic E-state index is 8.47. The predicted octanol–water partition coefficient (Wildman–Crippen LogP) is -0.206. The van der Waals surface area contributed by atoms with Crippen molar-refractivity contribution in [1.29, 1.82) is 0 Å². The van der Waals surface area contributed by atoms with Crippen molar-refractivity contribution in [2.75, 3.05) is 33.4 Å². The van der Waals surface area contributed by atoms with Crippen LogP contribution in [0.5, 0.6) is 0 Å². The Labute approximate surface area is 90.9 Å². The number of nitrogens with two attached hydrogens (primary N) is 1. The molecule has 0 unspecified atom stereocenters. The van der Waals surface area contributed by atoms with Gasteiger partial charge >= 0.3 is 0 Å². The Kier molecular flexibility index (Phi) is 5.42.